The van der Waals surface area contributed by atoms with Crippen molar-refractivity contribution >= 4 is 12.3 Å². The number of hydrogen-bond acceptors (Lipinski definition) is 4. The molecule has 120 valence electrons. The minimum atomic E-state index is -0.955. The summed E-state index contributed by atoms with van der Waals surface area (Å²) >= 11 is 0. The number of carboxylic acids is 1. The summed E-state index contributed by atoms with van der Waals surface area (Å²) in [5.41, 5.74) is 6.70. The molecule has 0 radical (unpaired) electrons. The Bertz CT molecular complexity index is 389. The predicted octanol–water partition coefficient (Wildman–Crippen LogP) is 1.55. The van der Waals surface area contributed by atoms with Crippen LogP contribution in [-0.2, 0) is 9.59 Å². The first kappa shape index (κ1) is 16.4. The van der Waals surface area contributed by atoms with Crippen molar-refractivity contribution in [2.24, 2.45) is 23.0 Å². The second kappa shape index (κ2) is 6.44. The van der Waals surface area contributed by atoms with Crippen molar-refractivity contribution < 1.29 is 14.7 Å². The lowest BCUT2D eigenvalue weighted by molar-refractivity contribution is -0.138. The van der Waals surface area contributed by atoms with Gasteiger partial charge >= 0.3 is 5.97 Å². The summed E-state index contributed by atoms with van der Waals surface area (Å²) in [4.78, 5) is 22.0. The van der Waals surface area contributed by atoms with Crippen LogP contribution in [0.4, 0.5) is 0 Å². The molecule has 4 N–H and O–H groups in total. The van der Waals surface area contributed by atoms with Gasteiger partial charge in [0.1, 0.15) is 6.29 Å². The van der Waals surface area contributed by atoms with Gasteiger partial charge in [-0.05, 0) is 49.4 Å². The van der Waals surface area contributed by atoms with Crippen LogP contribution < -0.4 is 11.1 Å². The average Bonchev–Trinajstić information content (AvgIpc) is 3.28. The maximum absolute atomic E-state index is 11.1. The van der Waals surface area contributed by atoms with Crippen molar-refractivity contribution in [2.45, 2.75) is 70.5 Å². The zero-order valence-corrected chi connectivity index (χ0v) is 13.0. The van der Waals surface area contributed by atoms with Crippen LogP contribution in [0.5, 0.6) is 0 Å². The topological polar surface area (TPSA) is 92.4 Å². The Morgan fingerprint density at radius 1 is 1.43 bits per heavy atom. The van der Waals surface area contributed by atoms with Crippen LogP contribution in [0.25, 0.3) is 0 Å². The number of hydrogen-bond donors (Lipinski definition) is 3. The lowest BCUT2D eigenvalue weighted by Gasteiger charge is -2.32. The number of rotatable bonds is 10. The van der Waals surface area contributed by atoms with Gasteiger partial charge in [-0.3, -0.25) is 4.79 Å². The van der Waals surface area contributed by atoms with E-state index in [2.05, 4.69) is 19.2 Å². The number of nitrogens with two attached hydrogens (primary N) is 1. The molecule has 2 aliphatic rings. The summed E-state index contributed by atoms with van der Waals surface area (Å²) in [6, 6.07) is -0.574. The highest BCUT2D eigenvalue weighted by molar-refractivity contribution is 5.73. The number of nitrogens with one attached hydrogen (secondary N) is 1. The number of carboxylic acid groups (broad SMARTS) is 1. The van der Waals surface area contributed by atoms with Crippen molar-refractivity contribution in [1.29, 1.82) is 0 Å². The number of carbonyl (C=O) groups excluding carboxylic acids is 1. The summed E-state index contributed by atoms with van der Waals surface area (Å²) in [6.45, 7) is 4.47. The molecule has 0 aromatic rings. The van der Waals surface area contributed by atoms with Gasteiger partial charge in [0, 0.05) is 12.1 Å². The Balaban J connectivity index is 2.01. The molecule has 2 unspecified atom stereocenters. The fourth-order valence-electron chi connectivity index (χ4n) is 3.34. The van der Waals surface area contributed by atoms with Crippen molar-refractivity contribution in [3.8, 4) is 0 Å². The van der Waals surface area contributed by atoms with Gasteiger partial charge < -0.3 is 21.0 Å². The van der Waals surface area contributed by atoms with Crippen molar-refractivity contribution in [2.75, 3.05) is 0 Å². The van der Waals surface area contributed by atoms with Gasteiger partial charge in [0.2, 0.25) is 0 Å². The van der Waals surface area contributed by atoms with Gasteiger partial charge in [0.05, 0.1) is 12.5 Å². The fraction of sp³-hybridized carbons (Fsp3) is 0.875. The van der Waals surface area contributed by atoms with Gasteiger partial charge in [-0.1, -0.05) is 13.8 Å². The van der Waals surface area contributed by atoms with E-state index in [4.69, 9.17) is 10.8 Å². The van der Waals surface area contributed by atoms with Crippen molar-refractivity contribution in [3.05, 3.63) is 0 Å². The van der Waals surface area contributed by atoms with Crippen LogP contribution in [0, 0.1) is 17.3 Å². The quantitative estimate of drug-likeness (QED) is 0.532. The van der Waals surface area contributed by atoms with E-state index in [-0.39, 0.29) is 18.5 Å². The Hall–Kier alpha value is -0.940. The molecule has 3 atom stereocenters. The maximum atomic E-state index is 11.1. The van der Waals surface area contributed by atoms with E-state index < -0.39 is 12.0 Å². The summed E-state index contributed by atoms with van der Waals surface area (Å²) in [5, 5.41) is 12.1. The highest BCUT2D eigenvalue weighted by Crippen LogP contribution is 2.56. The minimum absolute atomic E-state index is 0.0254. The second-order valence-electron chi connectivity index (χ2n) is 7.25. The molecule has 2 aliphatic carbocycles. The predicted molar refractivity (Wildman–Crippen MR) is 80.8 cm³/mol. The first-order valence-electron chi connectivity index (χ1n) is 8.06. The Morgan fingerprint density at radius 3 is 2.43 bits per heavy atom. The summed E-state index contributed by atoms with van der Waals surface area (Å²) < 4.78 is 0. The summed E-state index contributed by atoms with van der Waals surface area (Å²) in [7, 11) is 0. The molecule has 2 saturated carbocycles. The Morgan fingerprint density at radius 2 is 2.05 bits per heavy atom. The van der Waals surface area contributed by atoms with E-state index in [1.165, 1.54) is 12.8 Å². The van der Waals surface area contributed by atoms with Crippen molar-refractivity contribution in [1.82, 2.24) is 5.32 Å². The molecule has 0 aliphatic heterocycles. The van der Waals surface area contributed by atoms with Gasteiger partial charge in [-0.25, -0.2) is 0 Å². The van der Waals surface area contributed by atoms with E-state index >= 15 is 0 Å². The lowest BCUT2D eigenvalue weighted by Crippen LogP contribution is -2.52. The third-order valence-electron chi connectivity index (χ3n) is 5.36. The van der Waals surface area contributed by atoms with E-state index in [0.29, 0.717) is 23.5 Å². The van der Waals surface area contributed by atoms with Crippen LogP contribution in [0.1, 0.15) is 52.4 Å². The molecule has 0 saturated heterocycles. The molecular weight excluding hydrogens is 268 g/mol. The molecule has 21 heavy (non-hydrogen) atoms. The summed E-state index contributed by atoms with van der Waals surface area (Å²) in [5.74, 6) is 0.174. The highest BCUT2D eigenvalue weighted by atomic mass is 16.4. The zero-order valence-electron chi connectivity index (χ0n) is 13.0. The molecule has 0 aromatic heterocycles. The third-order valence-corrected chi connectivity index (χ3v) is 5.36. The number of aliphatic carboxylic acids is 1. The van der Waals surface area contributed by atoms with Crippen LogP contribution >= 0.6 is 0 Å². The molecule has 5 nitrogen and oxygen atoms in total. The maximum Gasteiger partial charge on any atom is 0.305 e. The van der Waals surface area contributed by atoms with Gasteiger partial charge in [0.15, 0.2) is 0 Å². The van der Waals surface area contributed by atoms with Crippen LogP contribution in [-0.4, -0.2) is 35.5 Å². The van der Waals surface area contributed by atoms with Crippen LogP contribution in [0.3, 0.4) is 0 Å². The van der Waals surface area contributed by atoms with Gasteiger partial charge in [-0.2, -0.15) is 0 Å². The largest absolute Gasteiger partial charge is 0.481 e. The third kappa shape index (κ3) is 4.27. The molecule has 0 heterocycles. The molecule has 2 fully saturated rings. The fourth-order valence-corrected chi connectivity index (χ4v) is 3.34. The van der Waals surface area contributed by atoms with E-state index in [1.807, 2.05) is 0 Å². The molecule has 0 spiro atoms. The normalized spacial score (nSPS) is 24.4. The Kier molecular flexibility index (Phi) is 5.04. The second-order valence-corrected chi connectivity index (χ2v) is 7.25. The SMILES string of the molecule is CC(C)C1(CC(N[C@H](C=O)CC(=O)O)C(N)C2CC2)CC1. The molecular formula is C16H28N2O3. The van der Waals surface area contributed by atoms with E-state index in [1.54, 1.807) is 0 Å². The molecule has 0 amide bonds. The van der Waals surface area contributed by atoms with Crippen molar-refractivity contribution in [3.63, 3.8) is 0 Å². The lowest BCUT2D eigenvalue weighted by atomic mass is 9.83. The first-order valence-corrected chi connectivity index (χ1v) is 8.06. The number of carbonyl (C=O) groups is 2. The zero-order chi connectivity index (χ0) is 15.6. The van der Waals surface area contributed by atoms with Gasteiger partial charge in [0.25, 0.3) is 0 Å². The monoisotopic (exact) mass is 296 g/mol. The smallest absolute Gasteiger partial charge is 0.305 e. The van der Waals surface area contributed by atoms with Crippen LogP contribution in [0.2, 0.25) is 0 Å². The van der Waals surface area contributed by atoms with Gasteiger partial charge in [-0.15, -0.1) is 0 Å². The highest BCUT2D eigenvalue weighted by Gasteiger charge is 2.48. The molecule has 5 heteroatoms. The minimum Gasteiger partial charge on any atom is -0.481 e. The number of aldehydes is 1. The average molecular weight is 296 g/mol. The molecule has 2 rings (SSSR count). The molecule has 0 aromatic carbocycles. The Labute approximate surface area is 126 Å². The molecule has 0 bridgehead atoms. The van der Waals surface area contributed by atoms with E-state index in [0.717, 1.165) is 19.3 Å². The van der Waals surface area contributed by atoms with E-state index in [9.17, 15) is 9.59 Å². The first-order chi connectivity index (χ1) is 9.88. The standard InChI is InChI=1S/C16H28N2O3/c1-10(2)16(5-6-16)8-13(15(17)11-3-4-11)18-12(9-19)7-14(20)21/h9-13,15,18H,3-8,17H2,1-2H3,(H,20,21)/t12-,13?,15?/m0/s1. The van der Waals surface area contributed by atoms with Crippen LogP contribution in [0.15, 0.2) is 0 Å². The summed E-state index contributed by atoms with van der Waals surface area (Å²) in [6.07, 6.45) is 6.21.